The molecular formula is C22H23N3O4. The van der Waals surface area contributed by atoms with Gasteiger partial charge >= 0.3 is 6.03 Å². The van der Waals surface area contributed by atoms with Crippen molar-refractivity contribution in [2.75, 3.05) is 20.2 Å². The van der Waals surface area contributed by atoms with E-state index in [1.54, 1.807) is 36.3 Å². The topological polar surface area (TPSA) is 79.3 Å². The van der Waals surface area contributed by atoms with Gasteiger partial charge in [-0.3, -0.25) is 14.5 Å². The molecule has 1 aromatic carbocycles. The number of nitrogens with zero attached hydrogens (tertiary/aromatic N) is 3. The van der Waals surface area contributed by atoms with Gasteiger partial charge in [0, 0.05) is 24.7 Å². The SMILES string of the molecule is COc1ccccc1CC(=O)N1CCC(N2C(=O)N=C3C=CC=CC3C2=O)CC1. The van der Waals surface area contributed by atoms with Crippen LogP contribution in [-0.2, 0) is 16.0 Å². The van der Waals surface area contributed by atoms with E-state index < -0.39 is 11.9 Å². The number of urea groups is 1. The number of aliphatic imine (C=N–C) groups is 1. The molecule has 0 saturated carbocycles. The summed E-state index contributed by atoms with van der Waals surface area (Å²) in [6, 6.07) is 6.75. The van der Waals surface area contributed by atoms with E-state index in [2.05, 4.69) is 4.99 Å². The number of likely N-dealkylation sites (tertiary alicyclic amines) is 1. The third-order valence-electron chi connectivity index (χ3n) is 5.65. The number of piperidine rings is 1. The Morgan fingerprint density at radius 1 is 1.17 bits per heavy atom. The molecule has 0 spiro atoms. The number of carbonyl (C=O) groups excluding carboxylic acids is 3. The fraction of sp³-hybridized carbons (Fsp3) is 0.364. The quantitative estimate of drug-likeness (QED) is 0.787. The van der Waals surface area contributed by atoms with Crippen molar-refractivity contribution in [1.82, 2.24) is 9.80 Å². The van der Waals surface area contributed by atoms with E-state index in [1.807, 2.05) is 24.3 Å². The summed E-state index contributed by atoms with van der Waals surface area (Å²) in [5.41, 5.74) is 1.35. The zero-order valence-corrected chi connectivity index (χ0v) is 16.3. The molecule has 7 nitrogen and oxygen atoms in total. The first kappa shape index (κ1) is 19.1. The molecule has 29 heavy (non-hydrogen) atoms. The minimum atomic E-state index is -0.500. The van der Waals surface area contributed by atoms with Crippen molar-refractivity contribution in [2.24, 2.45) is 10.9 Å². The van der Waals surface area contributed by atoms with Crippen LogP contribution in [0.2, 0.25) is 0 Å². The molecule has 1 aromatic rings. The number of ether oxygens (including phenoxy) is 1. The molecule has 0 bridgehead atoms. The molecule has 4 rings (SSSR count). The first-order valence-corrected chi connectivity index (χ1v) is 9.78. The van der Waals surface area contributed by atoms with Crippen molar-refractivity contribution in [2.45, 2.75) is 25.3 Å². The first-order chi connectivity index (χ1) is 14.1. The predicted octanol–water partition coefficient (Wildman–Crippen LogP) is 2.37. The standard InChI is InChI=1S/C22H23N3O4/c1-29-19-9-5-2-6-15(19)14-20(26)24-12-10-16(11-13-24)25-21(27)17-7-3-4-8-18(17)23-22(25)28/h2-9,16-17H,10-14H2,1H3. The molecule has 1 aliphatic carbocycles. The molecule has 2 heterocycles. The molecule has 150 valence electrons. The van der Waals surface area contributed by atoms with E-state index in [1.165, 1.54) is 4.90 Å². The Morgan fingerprint density at radius 3 is 2.69 bits per heavy atom. The van der Waals surface area contributed by atoms with Gasteiger partial charge in [-0.05, 0) is 25.0 Å². The van der Waals surface area contributed by atoms with Crippen molar-refractivity contribution in [3.8, 4) is 5.75 Å². The zero-order valence-electron chi connectivity index (χ0n) is 16.3. The Kier molecular flexibility index (Phi) is 5.29. The summed E-state index contributed by atoms with van der Waals surface area (Å²) in [7, 11) is 1.59. The van der Waals surface area contributed by atoms with Crippen LogP contribution in [0.5, 0.6) is 5.75 Å². The molecule has 1 unspecified atom stereocenters. The van der Waals surface area contributed by atoms with E-state index in [9.17, 15) is 14.4 Å². The number of amides is 4. The molecule has 1 fully saturated rings. The molecule has 0 N–H and O–H groups in total. The number of allylic oxidation sites excluding steroid dienone is 3. The largest absolute Gasteiger partial charge is 0.496 e. The van der Waals surface area contributed by atoms with Crippen molar-refractivity contribution in [3.63, 3.8) is 0 Å². The van der Waals surface area contributed by atoms with Crippen LogP contribution in [0, 0.1) is 5.92 Å². The van der Waals surface area contributed by atoms with Crippen LogP contribution < -0.4 is 4.74 Å². The molecule has 2 aliphatic heterocycles. The van der Waals surface area contributed by atoms with E-state index in [0.29, 0.717) is 37.4 Å². The summed E-state index contributed by atoms with van der Waals surface area (Å²) in [4.78, 5) is 45.2. The van der Waals surface area contributed by atoms with Gasteiger partial charge in [-0.2, -0.15) is 4.99 Å². The van der Waals surface area contributed by atoms with Gasteiger partial charge in [0.2, 0.25) is 11.8 Å². The second-order valence-electron chi connectivity index (χ2n) is 7.35. The number of carbonyl (C=O) groups is 3. The number of hydrogen-bond acceptors (Lipinski definition) is 4. The summed E-state index contributed by atoms with van der Waals surface area (Å²) in [5.74, 6) is 0.00992. The molecule has 3 aliphatic rings. The van der Waals surface area contributed by atoms with Crippen molar-refractivity contribution >= 4 is 23.6 Å². The number of methoxy groups -OCH3 is 1. The molecule has 0 radical (unpaired) electrons. The minimum Gasteiger partial charge on any atom is -0.496 e. The van der Waals surface area contributed by atoms with Crippen LogP contribution in [-0.4, -0.2) is 59.6 Å². The molecular weight excluding hydrogens is 370 g/mol. The normalized spacial score (nSPS) is 21.8. The highest BCUT2D eigenvalue weighted by Gasteiger charge is 2.40. The van der Waals surface area contributed by atoms with Gasteiger partial charge in [-0.1, -0.05) is 36.4 Å². The summed E-state index contributed by atoms with van der Waals surface area (Å²) >= 11 is 0. The predicted molar refractivity (Wildman–Crippen MR) is 108 cm³/mol. The summed E-state index contributed by atoms with van der Waals surface area (Å²) in [6.45, 7) is 1.01. The number of imide groups is 1. The van der Waals surface area contributed by atoms with Gasteiger partial charge in [0.1, 0.15) is 5.75 Å². The number of rotatable bonds is 4. The highest BCUT2D eigenvalue weighted by molar-refractivity contribution is 6.21. The van der Waals surface area contributed by atoms with Crippen LogP contribution in [0.4, 0.5) is 4.79 Å². The van der Waals surface area contributed by atoms with Gasteiger partial charge in [0.15, 0.2) is 0 Å². The van der Waals surface area contributed by atoms with E-state index in [4.69, 9.17) is 4.74 Å². The lowest BCUT2D eigenvalue weighted by molar-refractivity contribution is -0.134. The Hall–Kier alpha value is -3.22. The van der Waals surface area contributed by atoms with Crippen molar-refractivity contribution in [1.29, 1.82) is 0 Å². The van der Waals surface area contributed by atoms with Gasteiger partial charge in [-0.15, -0.1) is 0 Å². The maximum Gasteiger partial charge on any atom is 0.350 e. The lowest BCUT2D eigenvalue weighted by Gasteiger charge is -2.39. The summed E-state index contributed by atoms with van der Waals surface area (Å²) < 4.78 is 5.32. The smallest absolute Gasteiger partial charge is 0.350 e. The maximum absolute atomic E-state index is 12.8. The first-order valence-electron chi connectivity index (χ1n) is 9.78. The number of fused-ring (bicyclic) bond motifs is 1. The second kappa shape index (κ2) is 8.03. The zero-order chi connectivity index (χ0) is 20.4. The van der Waals surface area contributed by atoms with Crippen LogP contribution in [0.25, 0.3) is 0 Å². The Bertz CT molecular complexity index is 926. The van der Waals surface area contributed by atoms with Gasteiger partial charge in [-0.25, -0.2) is 4.79 Å². The molecule has 7 heteroatoms. The van der Waals surface area contributed by atoms with Crippen LogP contribution in [0.15, 0.2) is 53.6 Å². The lowest BCUT2D eigenvalue weighted by Crippen LogP contribution is -2.54. The fourth-order valence-electron chi connectivity index (χ4n) is 4.09. The third-order valence-corrected chi connectivity index (χ3v) is 5.65. The average molecular weight is 393 g/mol. The molecule has 1 atom stereocenters. The highest BCUT2D eigenvalue weighted by atomic mass is 16.5. The van der Waals surface area contributed by atoms with Gasteiger partial charge < -0.3 is 9.64 Å². The minimum absolute atomic E-state index is 0.0184. The van der Waals surface area contributed by atoms with Crippen molar-refractivity contribution in [3.05, 3.63) is 54.1 Å². The maximum atomic E-state index is 12.8. The van der Waals surface area contributed by atoms with E-state index >= 15 is 0 Å². The fourth-order valence-corrected chi connectivity index (χ4v) is 4.09. The summed E-state index contributed by atoms with van der Waals surface area (Å²) in [6.07, 6.45) is 8.44. The number of hydrogen-bond donors (Lipinski definition) is 0. The van der Waals surface area contributed by atoms with Gasteiger partial charge in [0.05, 0.1) is 25.2 Å². The molecule has 0 aromatic heterocycles. The highest BCUT2D eigenvalue weighted by Crippen LogP contribution is 2.26. The molecule has 1 saturated heterocycles. The number of benzene rings is 1. The van der Waals surface area contributed by atoms with E-state index in [0.717, 1.165) is 5.56 Å². The Labute approximate surface area is 169 Å². The van der Waals surface area contributed by atoms with Crippen LogP contribution >= 0.6 is 0 Å². The lowest BCUT2D eigenvalue weighted by atomic mass is 9.93. The second-order valence-corrected chi connectivity index (χ2v) is 7.35. The Morgan fingerprint density at radius 2 is 1.93 bits per heavy atom. The van der Waals surface area contributed by atoms with Crippen LogP contribution in [0.3, 0.4) is 0 Å². The monoisotopic (exact) mass is 393 g/mol. The van der Waals surface area contributed by atoms with Crippen molar-refractivity contribution < 1.29 is 19.1 Å². The average Bonchev–Trinajstić information content (AvgIpc) is 2.74. The molecule has 4 amide bonds. The van der Waals surface area contributed by atoms with Crippen LogP contribution in [0.1, 0.15) is 18.4 Å². The summed E-state index contributed by atoms with van der Waals surface area (Å²) in [5, 5.41) is 0. The third kappa shape index (κ3) is 3.72. The number of para-hydroxylation sites is 1. The van der Waals surface area contributed by atoms with E-state index in [-0.39, 0.29) is 24.3 Å². The Balaban J connectivity index is 1.39. The van der Waals surface area contributed by atoms with Gasteiger partial charge in [0.25, 0.3) is 0 Å².